The molecule has 0 heterocycles. The Morgan fingerprint density at radius 3 is 2.50 bits per heavy atom. The zero-order valence-corrected chi connectivity index (χ0v) is 12.5. The number of methoxy groups -OCH3 is 1. The summed E-state index contributed by atoms with van der Waals surface area (Å²) >= 11 is 0. The van der Waals surface area contributed by atoms with Crippen molar-refractivity contribution < 1.29 is 13.9 Å². The normalized spacial score (nSPS) is 12.8. The van der Waals surface area contributed by atoms with E-state index >= 15 is 0 Å². The highest BCUT2D eigenvalue weighted by Crippen LogP contribution is 2.22. The van der Waals surface area contributed by atoms with Crippen LogP contribution in [0, 0.1) is 5.82 Å². The smallest absolute Gasteiger partial charge is 0.315 e. The van der Waals surface area contributed by atoms with Crippen molar-refractivity contribution in [1.82, 2.24) is 10.6 Å². The molecule has 1 unspecified atom stereocenters. The number of urea groups is 1. The summed E-state index contributed by atoms with van der Waals surface area (Å²) in [6, 6.07) is 6.05. The maximum Gasteiger partial charge on any atom is 0.315 e. The van der Waals surface area contributed by atoms with Crippen molar-refractivity contribution in [2.45, 2.75) is 32.2 Å². The minimum atomic E-state index is -0.268. The fourth-order valence-electron chi connectivity index (χ4n) is 1.87. The molecular weight excluding hydrogens is 259 g/mol. The van der Waals surface area contributed by atoms with Gasteiger partial charge in [0.1, 0.15) is 5.82 Å². The van der Waals surface area contributed by atoms with Gasteiger partial charge in [0.2, 0.25) is 0 Å². The number of benzene rings is 1. The van der Waals surface area contributed by atoms with E-state index in [9.17, 15) is 9.18 Å². The summed E-state index contributed by atoms with van der Waals surface area (Å²) in [4.78, 5) is 11.7. The molecule has 2 N–H and O–H groups in total. The number of amides is 2. The first-order valence-electron chi connectivity index (χ1n) is 6.64. The topological polar surface area (TPSA) is 50.4 Å². The van der Waals surface area contributed by atoms with Gasteiger partial charge in [-0.1, -0.05) is 26.0 Å². The second-order valence-electron chi connectivity index (χ2n) is 5.57. The van der Waals surface area contributed by atoms with Crippen LogP contribution in [0.5, 0.6) is 0 Å². The number of carbonyl (C=O) groups excluding carboxylic acids is 1. The largest absolute Gasteiger partial charge is 0.383 e. The molecule has 1 atom stereocenters. The number of nitrogens with one attached hydrogen (secondary N) is 2. The second-order valence-corrected chi connectivity index (χ2v) is 5.57. The molecule has 1 rings (SSSR count). The third kappa shape index (κ3) is 5.17. The average molecular weight is 282 g/mol. The fourth-order valence-corrected chi connectivity index (χ4v) is 1.87. The Bertz CT molecular complexity index is 432. The van der Waals surface area contributed by atoms with Crippen LogP contribution in [0.4, 0.5) is 9.18 Å². The molecule has 4 nitrogen and oxygen atoms in total. The maximum absolute atomic E-state index is 12.9. The van der Waals surface area contributed by atoms with Crippen molar-refractivity contribution in [2.24, 2.45) is 0 Å². The first-order valence-corrected chi connectivity index (χ1v) is 6.64. The highest BCUT2D eigenvalue weighted by molar-refractivity contribution is 5.74. The van der Waals surface area contributed by atoms with Gasteiger partial charge in [-0.3, -0.25) is 0 Å². The predicted octanol–water partition coefficient (Wildman–Crippen LogP) is 2.44. The van der Waals surface area contributed by atoms with Gasteiger partial charge in [-0.05, 0) is 24.6 Å². The first kappa shape index (κ1) is 16.4. The van der Waals surface area contributed by atoms with E-state index in [0.29, 0.717) is 13.2 Å². The van der Waals surface area contributed by atoms with Crippen LogP contribution in [0.1, 0.15) is 26.3 Å². The molecule has 0 spiro atoms. The molecule has 5 heteroatoms. The van der Waals surface area contributed by atoms with Crippen LogP contribution in [0.25, 0.3) is 0 Å². The number of rotatable bonds is 6. The zero-order valence-electron chi connectivity index (χ0n) is 12.5. The minimum Gasteiger partial charge on any atom is -0.383 e. The first-order chi connectivity index (χ1) is 9.35. The van der Waals surface area contributed by atoms with Gasteiger partial charge in [0.05, 0.1) is 12.6 Å². The highest BCUT2D eigenvalue weighted by Gasteiger charge is 2.21. The Balaban J connectivity index is 2.50. The summed E-state index contributed by atoms with van der Waals surface area (Å²) in [5.41, 5.74) is 0.708. The van der Waals surface area contributed by atoms with Gasteiger partial charge in [0, 0.05) is 19.1 Å². The van der Waals surface area contributed by atoms with E-state index < -0.39 is 0 Å². The quantitative estimate of drug-likeness (QED) is 0.842. The van der Waals surface area contributed by atoms with E-state index in [1.54, 1.807) is 19.2 Å². The van der Waals surface area contributed by atoms with E-state index in [0.717, 1.165) is 5.56 Å². The zero-order chi connectivity index (χ0) is 15.2. The molecule has 0 fully saturated rings. The molecule has 0 aliphatic heterocycles. The van der Waals surface area contributed by atoms with E-state index in [-0.39, 0.29) is 23.3 Å². The van der Waals surface area contributed by atoms with Gasteiger partial charge >= 0.3 is 6.03 Å². The van der Waals surface area contributed by atoms with Crippen molar-refractivity contribution in [3.63, 3.8) is 0 Å². The molecule has 0 saturated carbocycles. The van der Waals surface area contributed by atoms with Gasteiger partial charge in [0.25, 0.3) is 0 Å². The van der Waals surface area contributed by atoms with Crippen LogP contribution >= 0.6 is 0 Å². The van der Waals surface area contributed by atoms with Crippen molar-refractivity contribution in [2.75, 3.05) is 20.3 Å². The third-order valence-electron chi connectivity index (χ3n) is 3.11. The standard InChI is InChI=1S/C15H23FN2O2/c1-11(9-20-4)18-14(19)17-10-15(2,3)12-5-7-13(16)8-6-12/h5-8,11H,9-10H2,1-4H3,(H2,17,18,19). The van der Waals surface area contributed by atoms with Gasteiger partial charge in [-0.2, -0.15) is 0 Å². The van der Waals surface area contributed by atoms with Crippen LogP contribution in [0.2, 0.25) is 0 Å². The number of carbonyl (C=O) groups is 1. The molecule has 0 radical (unpaired) electrons. The molecule has 2 amide bonds. The summed E-state index contributed by atoms with van der Waals surface area (Å²) in [6.45, 7) is 6.80. The van der Waals surface area contributed by atoms with Crippen molar-refractivity contribution in [3.05, 3.63) is 35.6 Å². The Morgan fingerprint density at radius 2 is 1.95 bits per heavy atom. The summed E-state index contributed by atoms with van der Waals surface area (Å²) in [5.74, 6) is -0.261. The van der Waals surface area contributed by atoms with Crippen LogP contribution in [0.3, 0.4) is 0 Å². The molecule has 20 heavy (non-hydrogen) atoms. The van der Waals surface area contributed by atoms with Gasteiger partial charge < -0.3 is 15.4 Å². The summed E-state index contributed by atoms with van der Waals surface area (Å²) in [6.07, 6.45) is 0. The van der Waals surface area contributed by atoms with E-state index in [1.165, 1.54) is 12.1 Å². The Kier molecular flexibility index (Phi) is 5.95. The minimum absolute atomic E-state index is 0.0473. The average Bonchev–Trinajstić information content (AvgIpc) is 2.37. The number of ether oxygens (including phenoxy) is 1. The van der Waals surface area contributed by atoms with Crippen molar-refractivity contribution in [3.8, 4) is 0 Å². The SMILES string of the molecule is COCC(C)NC(=O)NCC(C)(C)c1ccc(F)cc1. The lowest BCUT2D eigenvalue weighted by atomic mass is 9.84. The molecule has 1 aromatic rings. The maximum atomic E-state index is 12.9. The number of halogens is 1. The van der Waals surface area contributed by atoms with Crippen LogP contribution in [-0.2, 0) is 10.2 Å². The van der Waals surface area contributed by atoms with Gasteiger partial charge in [-0.25, -0.2) is 9.18 Å². The Morgan fingerprint density at radius 1 is 1.35 bits per heavy atom. The summed E-state index contributed by atoms with van der Waals surface area (Å²) in [7, 11) is 1.59. The van der Waals surface area contributed by atoms with Crippen molar-refractivity contribution >= 4 is 6.03 Å². The van der Waals surface area contributed by atoms with Crippen molar-refractivity contribution in [1.29, 1.82) is 0 Å². The summed E-state index contributed by atoms with van der Waals surface area (Å²) < 4.78 is 17.9. The molecule has 0 aromatic heterocycles. The number of hydrogen-bond donors (Lipinski definition) is 2. The second kappa shape index (κ2) is 7.24. The van der Waals surface area contributed by atoms with Gasteiger partial charge in [-0.15, -0.1) is 0 Å². The summed E-state index contributed by atoms with van der Waals surface area (Å²) in [5, 5.41) is 5.60. The lowest BCUT2D eigenvalue weighted by Crippen LogP contribution is -2.46. The molecule has 112 valence electrons. The van der Waals surface area contributed by atoms with Crippen LogP contribution in [-0.4, -0.2) is 32.3 Å². The fraction of sp³-hybridized carbons (Fsp3) is 0.533. The van der Waals surface area contributed by atoms with E-state index in [2.05, 4.69) is 10.6 Å². The highest BCUT2D eigenvalue weighted by atomic mass is 19.1. The van der Waals surface area contributed by atoms with E-state index in [1.807, 2.05) is 20.8 Å². The lowest BCUT2D eigenvalue weighted by molar-refractivity contribution is 0.170. The molecule has 1 aromatic carbocycles. The predicted molar refractivity (Wildman–Crippen MR) is 77.3 cm³/mol. The van der Waals surface area contributed by atoms with Crippen LogP contribution < -0.4 is 10.6 Å². The molecule has 0 aliphatic rings. The Labute approximate surface area is 119 Å². The lowest BCUT2D eigenvalue weighted by Gasteiger charge is -2.26. The van der Waals surface area contributed by atoms with E-state index in [4.69, 9.17) is 4.74 Å². The Hall–Kier alpha value is -1.62. The molecule has 0 aliphatic carbocycles. The molecular formula is C15H23FN2O2. The van der Waals surface area contributed by atoms with Crippen LogP contribution in [0.15, 0.2) is 24.3 Å². The third-order valence-corrected chi connectivity index (χ3v) is 3.11. The number of hydrogen-bond acceptors (Lipinski definition) is 2. The molecule has 0 saturated heterocycles. The monoisotopic (exact) mass is 282 g/mol. The van der Waals surface area contributed by atoms with Gasteiger partial charge in [0.15, 0.2) is 0 Å². The molecule has 0 bridgehead atoms.